The maximum atomic E-state index is 13.3. The summed E-state index contributed by atoms with van der Waals surface area (Å²) in [6, 6.07) is 3.57. The standard InChI is InChI=1S/C34H44BrN9O9S.C4H4O4/c1-20(31(47)44-13-12-38-33(44)40-23-6-7-24-28(27(23)35)37-11-10-36-24)52-32(48)21(2)51-25(45)8-9-26(46)53-22(18-39-34(3,4)5)19-50-30-29(41-54-42-30)43-14-16-49-17-15-43;5-3(6)1-2-4(7)8/h6-7,10-11,20-22,39H,8-9,12-19H2,1-5H3,(H,38,40);1-2H,(H,5,6)(H,7,8)/b;2-1-/t20-,21-,22-;/m0./s1. The Balaban J connectivity index is 0.000000959. The zero-order valence-corrected chi connectivity index (χ0v) is 37.0. The Morgan fingerprint density at radius 3 is 2.24 bits per heavy atom. The van der Waals surface area contributed by atoms with Crippen LogP contribution >= 0.6 is 27.7 Å². The van der Waals surface area contributed by atoms with Gasteiger partial charge in [-0.2, -0.15) is 4.37 Å². The molecule has 3 aromatic rings. The minimum Gasteiger partial charge on any atom is -0.478 e. The second-order valence-electron chi connectivity index (χ2n) is 14.4. The molecule has 62 heavy (non-hydrogen) atoms. The van der Waals surface area contributed by atoms with Gasteiger partial charge in [-0.3, -0.25) is 34.2 Å². The van der Waals surface area contributed by atoms with E-state index in [1.807, 2.05) is 25.7 Å². The number of halogens is 1. The summed E-state index contributed by atoms with van der Waals surface area (Å²) in [6.45, 7) is 12.0. The highest BCUT2D eigenvalue weighted by Gasteiger charge is 2.32. The molecular formula is C38H48BrN9O13S. The van der Waals surface area contributed by atoms with Crippen LogP contribution in [-0.2, 0) is 47.7 Å². The smallest absolute Gasteiger partial charge is 0.347 e. The Morgan fingerprint density at radius 1 is 0.919 bits per heavy atom. The highest BCUT2D eigenvalue weighted by molar-refractivity contribution is 9.10. The molecule has 2 aromatic heterocycles. The first-order valence-corrected chi connectivity index (χ1v) is 20.7. The summed E-state index contributed by atoms with van der Waals surface area (Å²) < 4.78 is 36.9. The summed E-state index contributed by atoms with van der Waals surface area (Å²) in [6.07, 6.45) is 0.373. The number of aromatic nitrogens is 4. The van der Waals surface area contributed by atoms with Crippen molar-refractivity contribution in [2.45, 2.75) is 71.3 Å². The number of esters is 3. The number of nitrogens with one attached hydrogen (secondary N) is 2. The number of anilines is 2. The highest BCUT2D eigenvalue weighted by atomic mass is 79.9. The van der Waals surface area contributed by atoms with Crippen LogP contribution in [0.15, 0.2) is 46.1 Å². The van der Waals surface area contributed by atoms with Crippen LogP contribution in [0.2, 0.25) is 0 Å². The predicted molar refractivity (Wildman–Crippen MR) is 226 cm³/mol. The summed E-state index contributed by atoms with van der Waals surface area (Å²) >= 11 is 4.56. The molecule has 0 radical (unpaired) electrons. The molecule has 2 aliphatic heterocycles. The summed E-state index contributed by atoms with van der Waals surface area (Å²) in [7, 11) is 0. The number of amides is 1. The molecule has 0 saturated carbocycles. The van der Waals surface area contributed by atoms with Crippen LogP contribution in [0, 0.1) is 0 Å². The number of carbonyl (C=O) groups is 6. The van der Waals surface area contributed by atoms with Crippen molar-refractivity contribution in [2.24, 2.45) is 4.99 Å². The van der Waals surface area contributed by atoms with Crippen molar-refractivity contribution in [3.63, 3.8) is 0 Å². The van der Waals surface area contributed by atoms with E-state index in [0.29, 0.717) is 77.9 Å². The third-order valence-electron chi connectivity index (χ3n) is 8.43. The number of nitrogens with zero attached hydrogens (tertiary/aromatic N) is 7. The molecule has 3 atom stereocenters. The number of benzene rings is 1. The third-order valence-corrected chi connectivity index (χ3v) is 9.74. The Morgan fingerprint density at radius 2 is 1.58 bits per heavy atom. The minimum atomic E-state index is -1.34. The molecule has 0 aliphatic carbocycles. The van der Waals surface area contributed by atoms with Gasteiger partial charge in [-0.25, -0.2) is 14.4 Å². The van der Waals surface area contributed by atoms with Gasteiger partial charge in [0.15, 0.2) is 12.2 Å². The van der Waals surface area contributed by atoms with Gasteiger partial charge < -0.3 is 49.4 Å². The fourth-order valence-electron chi connectivity index (χ4n) is 5.39. The van der Waals surface area contributed by atoms with Gasteiger partial charge in [0.05, 0.1) is 60.0 Å². The molecule has 5 rings (SSSR count). The highest BCUT2D eigenvalue weighted by Crippen LogP contribution is 2.30. The SMILES string of the molecule is C[C@H](OC(=O)CCC(=O)O[C@@H](CNC(C)(C)C)COc1nsnc1N1CCOCC1)C(=O)O[C@@H](C)C(=O)N1CCN=C1Nc1ccc2nccnc2c1Br.O=C(O)/C=C\C(=O)O. The van der Waals surface area contributed by atoms with Crippen molar-refractivity contribution in [1.82, 2.24) is 28.9 Å². The van der Waals surface area contributed by atoms with Crippen LogP contribution in [0.1, 0.15) is 47.5 Å². The minimum absolute atomic E-state index is 0.00117. The van der Waals surface area contributed by atoms with E-state index in [1.165, 1.54) is 18.7 Å². The van der Waals surface area contributed by atoms with Crippen LogP contribution in [0.25, 0.3) is 11.0 Å². The molecular weight excluding hydrogens is 902 g/mol. The van der Waals surface area contributed by atoms with Gasteiger partial charge in [0.2, 0.25) is 11.8 Å². The number of rotatable bonds is 17. The predicted octanol–water partition coefficient (Wildman–Crippen LogP) is 2.42. The maximum Gasteiger partial charge on any atom is 0.347 e. The molecule has 1 saturated heterocycles. The molecule has 336 valence electrons. The van der Waals surface area contributed by atoms with Gasteiger partial charge in [0, 0.05) is 56.3 Å². The molecule has 0 bridgehead atoms. The quantitative estimate of drug-likeness (QED) is 0.0859. The lowest BCUT2D eigenvalue weighted by molar-refractivity contribution is -0.173. The van der Waals surface area contributed by atoms with E-state index in [0.717, 1.165) is 11.7 Å². The average molecular weight is 951 g/mol. The van der Waals surface area contributed by atoms with E-state index < -0.39 is 54.1 Å². The van der Waals surface area contributed by atoms with Crippen LogP contribution in [0.3, 0.4) is 0 Å². The maximum absolute atomic E-state index is 13.3. The molecule has 1 amide bonds. The largest absolute Gasteiger partial charge is 0.478 e. The fourth-order valence-corrected chi connectivity index (χ4v) is 6.44. The molecule has 4 N–H and O–H groups in total. The topological polar surface area (TPSA) is 283 Å². The van der Waals surface area contributed by atoms with Crippen LogP contribution in [0.5, 0.6) is 5.88 Å². The van der Waals surface area contributed by atoms with E-state index in [4.69, 9.17) is 33.9 Å². The number of hydrogen-bond donors (Lipinski definition) is 4. The number of aliphatic carboxylic acids is 2. The molecule has 1 aromatic carbocycles. The fraction of sp³-hybridized carbons (Fsp3) is 0.500. The summed E-state index contributed by atoms with van der Waals surface area (Å²) in [5.74, 6) is -4.20. The number of carbonyl (C=O) groups excluding carboxylic acids is 4. The zero-order chi connectivity index (χ0) is 45.4. The van der Waals surface area contributed by atoms with Crippen molar-refractivity contribution >= 4 is 91.9 Å². The molecule has 2 aliphatic rings. The second-order valence-corrected chi connectivity index (χ2v) is 15.8. The number of guanidine groups is 1. The van der Waals surface area contributed by atoms with Gasteiger partial charge in [0.1, 0.15) is 18.2 Å². The number of carboxylic acids is 2. The number of carboxylic acid groups (broad SMARTS) is 2. The van der Waals surface area contributed by atoms with Gasteiger partial charge in [-0.15, -0.1) is 4.37 Å². The Labute approximate surface area is 368 Å². The van der Waals surface area contributed by atoms with E-state index >= 15 is 0 Å². The molecule has 0 unspecified atom stereocenters. The molecule has 1 fully saturated rings. The summed E-state index contributed by atoms with van der Waals surface area (Å²) in [5.41, 5.74) is 1.67. The first kappa shape index (κ1) is 48.8. The summed E-state index contributed by atoms with van der Waals surface area (Å²) in [5, 5.41) is 22.1. The van der Waals surface area contributed by atoms with E-state index in [2.05, 4.69) is 50.3 Å². The zero-order valence-electron chi connectivity index (χ0n) is 34.6. The number of fused-ring (bicyclic) bond motifs is 1. The first-order valence-electron chi connectivity index (χ1n) is 19.2. The third kappa shape index (κ3) is 15.6. The number of aliphatic imine (C=N–C) groups is 1. The Bertz CT molecular complexity index is 2110. The first-order chi connectivity index (χ1) is 29.4. The van der Waals surface area contributed by atoms with E-state index in [9.17, 15) is 28.8 Å². The molecule has 24 heteroatoms. The van der Waals surface area contributed by atoms with Crippen LogP contribution in [-0.4, -0.2) is 152 Å². The number of ether oxygens (including phenoxy) is 5. The lowest BCUT2D eigenvalue weighted by Gasteiger charge is -2.27. The van der Waals surface area contributed by atoms with Gasteiger partial charge >= 0.3 is 29.8 Å². The van der Waals surface area contributed by atoms with Crippen LogP contribution in [0.4, 0.5) is 11.5 Å². The van der Waals surface area contributed by atoms with E-state index in [1.54, 1.807) is 24.5 Å². The van der Waals surface area contributed by atoms with Gasteiger partial charge in [-0.05, 0) is 62.7 Å². The van der Waals surface area contributed by atoms with Crippen molar-refractivity contribution in [2.75, 3.05) is 62.8 Å². The van der Waals surface area contributed by atoms with Gasteiger partial charge in [0.25, 0.3) is 11.8 Å². The molecule has 22 nitrogen and oxygen atoms in total. The Kier molecular flexibility index (Phi) is 18.4. The molecule has 0 spiro atoms. The lowest BCUT2D eigenvalue weighted by Crippen LogP contribution is -2.45. The summed E-state index contributed by atoms with van der Waals surface area (Å²) in [4.78, 5) is 87.1. The average Bonchev–Trinajstić information content (AvgIpc) is 3.91. The van der Waals surface area contributed by atoms with Crippen molar-refractivity contribution in [3.05, 3.63) is 41.2 Å². The monoisotopic (exact) mass is 949 g/mol. The normalized spacial score (nSPS) is 15.4. The second kappa shape index (κ2) is 23.4. The van der Waals surface area contributed by atoms with Crippen molar-refractivity contribution in [3.8, 4) is 5.88 Å². The van der Waals surface area contributed by atoms with Crippen molar-refractivity contribution in [1.29, 1.82) is 0 Å². The van der Waals surface area contributed by atoms with Crippen molar-refractivity contribution < 1.29 is 62.7 Å². The number of hydrogen-bond acceptors (Lipinski definition) is 20. The lowest BCUT2D eigenvalue weighted by atomic mass is 10.1. The van der Waals surface area contributed by atoms with E-state index in [-0.39, 0.29) is 44.0 Å². The van der Waals surface area contributed by atoms with Gasteiger partial charge in [-0.1, -0.05) is 0 Å². The molecule has 4 heterocycles. The Hall–Kier alpha value is -5.85. The number of morpholine rings is 1. The van der Waals surface area contributed by atoms with Crippen LogP contribution < -0.4 is 20.3 Å².